The average molecular weight is 215 g/mol. The van der Waals surface area contributed by atoms with Gasteiger partial charge in [-0.15, -0.1) is 0 Å². The SMILES string of the molecule is CC1CN(CC2CCCC2O)CCS1. The minimum Gasteiger partial charge on any atom is -0.393 e. The van der Waals surface area contributed by atoms with Crippen LogP contribution in [0.4, 0.5) is 0 Å². The molecule has 0 bridgehead atoms. The van der Waals surface area contributed by atoms with Gasteiger partial charge in [-0.2, -0.15) is 11.8 Å². The van der Waals surface area contributed by atoms with Crippen molar-refractivity contribution >= 4 is 11.8 Å². The smallest absolute Gasteiger partial charge is 0.0580 e. The van der Waals surface area contributed by atoms with Crippen molar-refractivity contribution in [3.63, 3.8) is 0 Å². The molecule has 3 heteroatoms. The fraction of sp³-hybridized carbons (Fsp3) is 1.00. The highest BCUT2D eigenvalue weighted by Gasteiger charge is 2.28. The number of nitrogens with zero attached hydrogens (tertiary/aromatic N) is 1. The first-order valence-electron chi connectivity index (χ1n) is 5.77. The van der Waals surface area contributed by atoms with Crippen LogP contribution in [0.1, 0.15) is 26.2 Å². The number of rotatable bonds is 2. The van der Waals surface area contributed by atoms with Crippen LogP contribution in [0.2, 0.25) is 0 Å². The third-order valence-electron chi connectivity index (χ3n) is 3.44. The van der Waals surface area contributed by atoms with Gasteiger partial charge in [0.15, 0.2) is 0 Å². The molecule has 14 heavy (non-hydrogen) atoms. The number of hydrogen-bond acceptors (Lipinski definition) is 3. The molecule has 1 N–H and O–H groups in total. The van der Waals surface area contributed by atoms with Crippen LogP contribution in [0, 0.1) is 5.92 Å². The van der Waals surface area contributed by atoms with Crippen molar-refractivity contribution in [1.29, 1.82) is 0 Å². The third-order valence-corrected chi connectivity index (χ3v) is 4.57. The van der Waals surface area contributed by atoms with Gasteiger partial charge in [-0.1, -0.05) is 13.3 Å². The number of aliphatic hydroxyl groups excluding tert-OH is 1. The maximum absolute atomic E-state index is 9.75. The third kappa shape index (κ3) is 2.65. The molecule has 2 aliphatic rings. The standard InChI is InChI=1S/C11H21NOS/c1-9-7-12(5-6-14-9)8-10-3-2-4-11(10)13/h9-11,13H,2-8H2,1H3. The van der Waals surface area contributed by atoms with Gasteiger partial charge in [-0.3, -0.25) is 0 Å². The summed E-state index contributed by atoms with van der Waals surface area (Å²) in [7, 11) is 0. The fourth-order valence-electron chi connectivity index (χ4n) is 2.62. The van der Waals surface area contributed by atoms with Gasteiger partial charge in [0.25, 0.3) is 0 Å². The van der Waals surface area contributed by atoms with Crippen LogP contribution in [-0.2, 0) is 0 Å². The topological polar surface area (TPSA) is 23.5 Å². The highest BCUT2D eigenvalue weighted by Crippen LogP contribution is 2.27. The van der Waals surface area contributed by atoms with E-state index in [0.717, 1.165) is 18.2 Å². The molecule has 0 radical (unpaired) electrons. The van der Waals surface area contributed by atoms with Crippen molar-refractivity contribution in [2.45, 2.75) is 37.5 Å². The minimum absolute atomic E-state index is 0.0140. The molecule has 1 heterocycles. The van der Waals surface area contributed by atoms with E-state index in [1.165, 1.54) is 31.7 Å². The summed E-state index contributed by atoms with van der Waals surface area (Å²) in [6.07, 6.45) is 3.48. The van der Waals surface area contributed by atoms with Crippen LogP contribution in [0.15, 0.2) is 0 Å². The van der Waals surface area contributed by atoms with Crippen LogP contribution in [0.3, 0.4) is 0 Å². The normalized spacial score (nSPS) is 40.3. The molecule has 2 fully saturated rings. The number of hydrogen-bond donors (Lipinski definition) is 1. The van der Waals surface area contributed by atoms with Gasteiger partial charge in [0.2, 0.25) is 0 Å². The molecular formula is C11H21NOS. The average Bonchev–Trinajstić information content (AvgIpc) is 2.52. The van der Waals surface area contributed by atoms with Gasteiger partial charge in [0.1, 0.15) is 0 Å². The Morgan fingerprint density at radius 2 is 2.29 bits per heavy atom. The first-order chi connectivity index (χ1) is 6.75. The van der Waals surface area contributed by atoms with E-state index < -0.39 is 0 Å². The molecule has 0 aromatic heterocycles. The molecular weight excluding hydrogens is 194 g/mol. The maximum atomic E-state index is 9.75. The number of thioether (sulfide) groups is 1. The molecule has 2 nitrogen and oxygen atoms in total. The van der Waals surface area contributed by atoms with Gasteiger partial charge >= 0.3 is 0 Å². The highest BCUT2D eigenvalue weighted by atomic mass is 32.2. The second-order valence-corrected chi connectivity index (χ2v) is 6.25. The summed E-state index contributed by atoms with van der Waals surface area (Å²) < 4.78 is 0. The molecule has 82 valence electrons. The minimum atomic E-state index is -0.0140. The van der Waals surface area contributed by atoms with Crippen LogP contribution in [0.5, 0.6) is 0 Å². The lowest BCUT2D eigenvalue weighted by molar-refractivity contribution is 0.103. The lowest BCUT2D eigenvalue weighted by atomic mass is 10.1. The van der Waals surface area contributed by atoms with Crippen LogP contribution >= 0.6 is 11.8 Å². The Morgan fingerprint density at radius 3 is 2.93 bits per heavy atom. The van der Waals surface area contributed by atoms with Crippen LogP contribution in [0.25, 0.3) is 0 Å². The first-order valence-corrected chi connectivity index (χ1v) is 6.82. The second-order valence-electron chi connectivity index (χ2n) is 4.70. The van der Waals surface area contributed by atoms with Crippen molar-refractivity contribution in [2.24, 2.45) is 5.92 Å². The predicted octanol–water partition coefficient (Wildman–Crippen LogP) is 1.58. The molecule has 1 aliphatic heterocycles. The molecule has 0 spiro atoms. The Hall–Kier alpha value is 0.270. The molecule has 0 aromatic carbocycles. The van der Waals surface area contributed by atoms with E-state index in [2.05, 4.69) is 23.6 Å². The van der Waals surface area contributed by atoms with Crippen molar-refractivity contribution < 1.29 is 5.11 Å². The van der Waals surface area contributed by atoms with E-state index in [1.807, 2.05) is 0 Å². The molecule has 1 aliphatic carbocycles. The molecule has 0 aromatic rings. The summed E-state index contributed by atoms with van der Waals surface area (Å²) in [5, 5.41) is 10.5. The summed E-state index contributed by atoms with van der Waals surface area (Å²) in [5.74, 6) is 1.83. The molecule has 3 atom stereocenters. The Balaban J connectivity index is 1.78. The zero-order valence-electron chi connectivity index (χ0n) is 8.98. The van der Waals surface area contributed by atoms with E-state index in [1.54, 1.807) is 0 Å². The van der Waals surface area contributed by atoms with E-state index >= 15 is 0 Å². The summed E-state index contributed by atoms with van der Waals surface area (Å²) in [5.41, 5.74) is 0. The monoisotopic (exact) mass is 215 g/mol. The summed E-state index contributed by atoms with van der Waals surface area (Å²) in [6, 6.07) is 0. The summed E-state index contributed by atoms with van der Waals surface area (Å²) in [4.78, 5) is 2.54. The van der Waals surface area contributed by atoms with E-state index in [9.17, 15) is 5.11 Å². The van der Waals surface area contributed by atoms with E-state index in [-0.39, 0.29) is 6.10 Å². The second kappa shape index (κ2) is 4.86. The van der Waals surface area contributed by atoms with Crippen molar-refractivity contribution in [3.05, 3.63) is 0 Å². The Morgan fingerprint density at radius 1 is 1.43 bits per heavy atom. The molecule has 3 unspecified atom stereocenters. The van der Waals surface area contributed by atoms with Crippen molar-refractivity contribution in [3.8, 4) is 0 Å². The Labute approximate surface area is 91.1 Å². The fourth-order valence-corrected chi connectivity index (χ4v) is 3.70. The molecule has 0 amide bonds. The van der Waals surface area contributed by atoms with Gasteiger partial charge in [0, 0.05) is 30.6 Å². The van der Waals surface area contributed by atoms with Gasteiger partial charge in [-0.05, 0) is 18.8 Å². The van der Waals surface area contributed by atoms with Crippen LogP contribution in [-0.4, -0.2) is 46.7 Å². The molecule has 1 saturated heterocycles. The Kier molecular flexibility index (Phi) is 3.74. The first kappa shape index (κ1) is 10.8. The quantitative estimate of drug-likeness (QED) is 0.756. The van der Waals surface area contributed by atoms with Crippen molar-refractivity contribution in [1.82, 2.24) is 4.90 Å². The predicted molar refractivity (Wildman–Crippen MR) is 61.7 cm³/mol. The van der Waals surface area contributed by atoms with Gasteiger partial charge in [0.05, 0.1) is 6.10 Å². The van der Waals surface area contributed by atoms with E-state index in [0.29, 0.717) is 5.92 Å². The zero-order valence-corrected chi connectivity index (χ0v) is 9.80. The Bertz CT molecular complexity index is 188. The maximum Gasteiger partial charge on any atom is 0.0580 e. The lowest BCUT2D eigenvalue weighted by Crippen LogP contribution is -2.41. The van der Waals surface area contributed by atoms with Crippen LogP contribution < -0.4 is 0 Å². The van der Waals surface area contributed by atoms with Gasteiger partial charge in [-0.25, -0.2) is 0 Å². The molecule has 2 rings (SSSR count). The zero-order chi connectivity index (χ0) is 9.97. The lowest BCUT2D eigenvalue weighted by Gasteiger charge is -2.33. The van der Waals surface area contributed by atoms with E-state index in [4.69, 9.17) is 0 Å². The molecule has 1 saturated carbocycles. The van der Waals surface area contributed by atoms with Crippen molar-refractivity contribution in [2.75, 3.05) is 25.4 Å². The summed E-state index contributed by atoms with van der Waals surface area (Å²) >= 11 is 2.08. The summed E-state index contributed by atoms with van der Waals surface area (Å²) in [6.45, 7) is 5.88. The van der Waals surface area contributed by atoms with Gasteiger partial charge < -0.3 is 10.0 Å². The highest BCUT2D eigenvalue weighted by molar-refractivity contribution is 7.99. The number of aliphatic hydroxyl groups is 1. The largest absolute Gasteiger partial charge is 0.393 e.